The zero-order valence-corrected chi connectivity index (χ0v) is 19.7. The van der Waals surface area contributed by atoms with Crippen LogP contribution in [-0.2, 0) is 24.9 Å². The van der Waals surface area contributed by atoms with Crippen LogP contribution in [0.5, 0.6) is 0 Å². The number of anilines is 1. The summed E-state index contributed by atoms with van der Waals surface area (Å²) in [5.74, 6) is -1.37. The van der Waals surface area contributed by atoms with E-state index in [-0.39, 0.29) is 47.5 Å². The molecular weight excluding hydrogens is 440 g/mol. The molecule has 0 unspecified atom stereocenters. The summed E-state index contributed by atoms with van der Waals surface area (Å²) in [7, 11) is 1.47. The molecule has 1 amide bonds. The minimum atomic E-state index is -0.749. The molecule has 0 fully saturated rings. The Labute approximate surface area is 195 Å². The van der Waals surface area contributed by atoms with Crippen molar-refractivity contribution in [2.24, 2.45) is 7.05 Å². The third-order valence-electron chi connectivity index (χ3n) is 5.39. The van der Waals surface area contributed by atoms with Crippen molar-refractivity contribution in [3.63, 3.8) is 0 Å². The standard InChI is InChI=1S/C24H28N4O6/c1-5-12-27-18(29)14-16(19-21(27)26(4)24(33)28(13-6-2)22(19)31)20(30)25-17-11-9-8-10-15(17)23(32)34-7-3/h8-11,14H,5-7,12-13H2,1-4H3,(H,25,30). The van der Waals surface area contributed by atoms with Crippen molar-refractivity contribution in [3.8, 4) is 0 Å². The van der Waals surface area contributed by atoms with Crippen LogP contribution >= 0.6 is 0 Å². The quantitative estimate of drug-likeness (QED) is 0.506. The Hall–Kier alpha value is -3.95. The Balaban J connectivity index is 2.28. The SMILES string of the molecule is CCCn1c(=O)c2c(C(=O)Nc3ccccc3C(=O)OCC)cc(=O)n(CCC)c2n(C)c1=O. The molecule has 2 heterocycles. The van der Waals surface area contributed by atoms with Crippen molar-refractivity contribution in [1.29, 1.82) is 0 Å². The van der Waals surface area contributed by atoms with Crippen LogP contribution in [0.15, 0.2) is 44.7 Å². The molecule has 1 N–H and O–H groups in total. The molecule has 0 saturated heterocycles. The van der Waals surface area contributed by atoms with Crippen LogP contribution in [0.25, 0.3) is 11.0 Å². The van der Waals surface area contributed by atoms with Crippen LogP contribution in [0, 0.1) is 0 Å². The highest BCUT2D eigenvalue weighted by molar-refractivity contribution is 6.13. The number of hydrogen-bond acceptors (Lipinski definition) is 6. The minimum absolute atomic E-state index is 0.0327. The molecule has 3 rings (SSSR count). The van der Waals surface area contributed by atoms with Crippen LogP contribution in [0.2, 0.25) is 0 Å². The number of nitrogens with zero attached hydrogens (tertiary/aromatic N) is 3. The summed E-state index contributed by atoms with van der Waals surface area (Å²) in [5.41, 5.74) is -1.49. The second-order valence-corrected chi connectivity index (χ2v) is 7.77. The van der Waals surface area contributed by atoms with Gasteiger partial charge in [0.2, 0.25) is 0 Å². The number of fused-ring (bicyclic) bond motifs is 1. The van der Waals surface area contributed by atoms with Crippen molar-refractivity contribution in [2.75, 3.05) is 11.9 Å². The normalized spacial score (nSPS) is 10.9. The Morgan fingerprint density at radius 2 is 1.59 bits per heavy atom. The van der Waals surface area contributed by atoms with Crippen LogP contribution in [0.3, 0.4) is 0 Å². The number of rotatable bonds is 8. The second-order valence-electron chi connectivity index (χ2n) is 7.77. The topological polar surface area (TPSA) is 121 Å². The lowest BCUT2D eigenvalue weighted by Crippen LogP contribution is -2.42. The van der Waals surface area contributed by atoms with Gasteiger partial charge in [0.1, 0.15) is 5.65 Å². The van der Waals surface area contributed by atoms with E-state index in [9.17, 15) is 24.0 Å². The van der Waals surface area contributed by atoms with Crippen molar-refractivity contribution < 1.29 is 14.3 Å². The first-order chi connectivity index (χ1) is 16.3. The Kier molecular flexibility index (Phi) is 7.50. The molecule has 0 saturated carbocycles. The highest BCUT2D eigenvalue weighted by atomic mass is 16.5. The lowest BCUT2D eigenvalue weighted by atomic mass is 10.1. The number of pyridine rings is 1. The van der Waals surface area contributed by atoms with E-state index in [0.29, 0.717) is 12.8 Å². The van der Waals surface area contributed by atoms with Gasteiger partial charge in [0.15, 0.2) is 0 Å². The third kappa shape index (κ3) is 4.43. The zero-order chi connectivity index (χ0) is 25.0. The molecule has 10 nitrogen and oxygen atoms in total. The second kappa shape index (κ2) is 10.3. The molecule has 10 heteroatoms. The van der Waals surface area contributed by atoms with Gasteiger partial charge in [0, 0.05) is 26.2 Å². The predicted molar refractivity (Wildman–Crippen MR) is 129 cm³/mol. The number of esters is 1. The van der Waals surface area contributed by atoms with E-state index in [4.69, 9.17) is 4.74 Å². The molecule has 34 heavy (non-hydrogen) atoms. The molecule has 0 aliphatic rings. The van der Waals surface area contributed by atoms with Crippen molar-refractivity contribution in [1.82, 2.24) is 13.7 Å². The first-order valence-electron chi connectivity index (χ1n) is 11.2. The number of benzene rings is 1. The van der Waals surface area contributed by atoms with Crippen molar-refractivity contribution in [2.45, 2.75) is 46.7 Å². The average Bonchev–Trinajstić information content (AvgIpc) is 2.81. The molecule has 0 radical (unpaired) electrons. The van der Waals surface area contributed by atoms with E-state index < -0.39 is 28.7 Å². The average molecular weight is 469 g/mol. The third-order valence-corrected chi connectivity index (χ3v) is 5.39. The smallest absolute Gasteiger partial charge is 0.340 e. The Morgan fingerprint density at radius 3 is 2.24 bits per heavy atom. The van der Waals surface area contributed by atoms with E-state index in [1.807, 2.05) is 13.8 Å². The van der Waals surface area contributed by atoms with Gasteiger partial charge >= 0.3 is 11.7 Å². The van der Waals surface area contributed by atoms with Gasteiger partial charge in [-0.2, -0.15) is 0 Å². The lowest BCUT2D eigenvalue weighted by Gasteiger charge is -2.17. The molecule has 2 aromatic heterocycles. The Bertz CT molecular complexity index is 1430. The molecule has 0 bridgehead atoms. The van der Waals surface area contributed by atoms with Crippen LogP contribution in [0.1, 0.15) is 54.3 Å². The van der Waals surface area contributed by atoms with Gasteiger partial charge in [0.25, 0.3) is 17.0 Å². The first-order valence-corrected chi connectivity index (χ1v) is 11.2. The van der Waals surface area contributed by atoms with E-state index in [2.05, 4.69) is 5.32 Å². The minimum Gasteiger partial charge on any atom is -0.462 e. The summed E-state index contributed by atoms with van der Waals surface area (Å²) in [5, 5.41) is 2.59. The maximum atomic E-state index is 13.4. The van der Waals surface area contributed by atoms with Gasteiger partial charge in [0.05, 0.1) is 28.8 Å². The highest BCUT2D eigenvalue weighted by Crippen LogP contribution is 2.19. The summed E-state index contributed by atoms with van der Waals surface area (Å²) in [6.45, 7) is 5.96. The predicted octanol–water partition coefficient (Wildman–Crippen LogP) is 2.11. The molecule has 180 valence electrons. The summed E-state index contributed by atoms with van der Waals surface area (Å²) in [6.07, 6.45) is 1.11. The fourth-order valence-corrected chi connectivity index (χ4v) is 3.89. The Morgan fingerprint density at radius 1 is 0.941 bits per heavy atom. The van der Waals surface area contributed by atoms with Gasteiger partial charge in [-0.25, -0.2) is 9.59 Å². The molecule has 0 aliphatic carbocycles. The fourth-order valence-electron chi connectivity index (χ4n) is 3.89. The van der Waals surface area contributed by atoms with E-state index in [1.165, 1.54) is 28.3 Å². The maximum Gasteiger partial charge on any atom is 0.340 e. The number of aromatic nitrogens is 3. The molecule has 0 atom stereocenters. The van der Waals surface area contributed by atoms with E-state index in [0.717, 1.165) is 10.6 Å². The van der Waals surface area contributed by atoms with Crippen LogP contribution in [-0.4, -0.2) is 32.2 Å². The summed E-state index contributed by atoms with van der Waals surface area (Å²) >= 11 is 0. The molecule has 0 aliphatic heterocycles. The van der Waals surface area contributed by atoms with Crippen LogP contribution in [0.4, 0.5) is 5.69 Å². The fraction of sp³-hybridized carbons (Fsp3) is 0.375. The number of carbonyl (C=O) groups is 2. The van der Waals surface area contributed by atoms with E-state index in [1.54, 1.807) is 19.1 Å². The molecule has 0 spiro atoms. The largest absolute Gasteiger partial charge is 0.462 e. The monoisotopic (exact) mass is 468 g/mol. The molecule has 1 aromatic carbocycles. The molecule has 3 aromatic rings. The van der Waals surface area contributed by atoms with Gasteiger partial charge in [-0.05, 0) is 31.9 Å². The van der Waals surface area contributed by atoms with Crippen molar-refractivity contribution >= 4 is 28.6 Å². The number of para-hydroxylation sites is 1. The number of hydrogen-bond donors (Lipinski definition) is 1. The van der Waals surface area contributed by atoms with E-state index >= 15 is 0 Å². The number of ether oxygens (including phenoxy) is 1. The number of nitrogens with one attached hydrogen (secondary N) is 1. The summed E-state index contributed by atoms with van der Waals surface area (Å²) in [4.78, 5) is 64.8. The van der Waals surface area contributed by atoms with Gasteiger partial charge < -0.3 is 10.1 Å². The summed E-state index contributed by atoms with van der Waals surface area (Å²) in [6, 6.07) is 7.39. The number of aryl methyl sites for hydroxylation is 2. The van der Waals surface area contributed by atoms with Gasteiger partial charge in [-0.1, -0.05) is 26.0 Å². The van der Waals surface area contributed by atoms with Gasteiger partial charge in [-0.15, -0.1) is 0 Å². The highest BCUT2D eigenvalue weighted by Gasteiger charge is 2.23. The summed E-state index contributed by atoms with van der Waals surface area (Å²) < 4.78 is 8.67. The number of amides is 1. The zero-order valence-electron chi connectivity index (χ0n) is 19.7. The van der Waals surface area contributed by atoms with Crippen LogP contribution < -0.4 is 22.1 Å². The van der Waals surface area contributed by atoms with Gasteiger partial charge in [-0.3, -0.25) is 28.1 Å². The number of carbonyl (C=O) groups excluding carboxylic acids is 2. The maximum absolute atomic E-state index is 13.4. The molecular formula is C24H28N4O6. The first kappa shape index (κ1) is 24.7. The lowest BCUT2D eigenvalue weighted by molar-refractivity contribution is 0.0527. The van der Waals surface area contributed by atoms with Crippen molar-refractivity contribution in [3.05, 3.63) is 72.7 Å².